The van der Waals surface area contributed by atoms with Gasteiger partial charge in [-0.2, -0.15) is 4.31 Å². The van der Waals surface area contributed by atoms with E-state index < -0.39 is 27.9 Å². The number of carbonyl (C=O) groups excluding carboxylic acids is 2. The Kier molecular flexibility index (Phi) is 7.11. The van der Waals surface area contributed by atoms with Gasteiger partial charge in [-0.1, -0.05) is 60.7 Å². The predicted octanol–water partition coefficient (Wildman–Crippen LogP) is 4.27. The summed E-state index contributed by atoms with van der Waals surface area (Å²) in [6.07, 6.45) is 0.468. The van der Waals surface area contributed by atoms with Crippen molar-refractivity contribution in [3.05, 3.63) is 118 Å². The largest absolute Gasteiger partial charge is 0.479 e. The van der Waals surface area contributed by atoms with Gasteiger partial charge in [0, 0.05) is 55.1 Å². The third-order valence-corrected chi connectivity index (χ3v) is 9.87. The van der Waals surface area contributed by atoms with Crippen LogP contribution in [0.5, 0.6) is 0 Å². The first-order valence-electron chi connectivity index (χ1n) is 13.8. The van der Waals surface area contributed by atoms with Crippen molar-refractivity contribution in [3.63, 3.8) is 0 Å². The summed E-state index contributed by atoms with van der Waals surface area (Å²) in [4.78, 5) is 40.9. The second-order valence-electron chi connectivity index (χ2n) is 10.9. The third kappa shape index (κ3) is 4.98. The molecule has 0 bridgehead atoms. The molecule has 4 aromatic rings. The minimum absolute atomic E-state index is 0.0725. The van der Waals surface area contributed by atoms with Crippen LogP contribution in [0.1, 0.15) is 49.0 Å². The van der Waals surface area contributed by atoms with Crippen LogP contribution in [-0.2, 0) is 27.8 Å². The van der Waals surface area contributed by atoms with Gasteiger partial charge in [0.2, 0.25) is 10.0 Å². The van der Waals surface area contributed by atoms with Crippen molar-refractivity contribution in [2.75, 3.05) is 25.5 Å². The van der Waals surface area contributed by atoms with Crippen LogP contribution in [0.4, 0.5) is 5.69 Å². The highest BCUT2D eigenvalue weighted by Gasteiger charge is 2.33. The lowest BCUT2D eigenvalue weighted by Crippen LogP contribution is -2.37. The van der Waals surface area contributed by atoms with Gasteiger partial charge in [0.15, 0.2) is 11.8 Å². The molecular formula is C33H29N3O6S. The summed E-state index contributed by atoms with van der Waals surface area (Å²) in [5.74, 6) is -2.08. The lowest BCUT2D eigenvalue weighted by atomic mass is 9.95. The Labute approximate surface area is 249 Å². The first kappa shape index (κ1) is 28.3. The molecule has 2 N–H and O–H groups in total. The minimum atomic E-state index is -3.81. The number of hydrogen-bond donors (Lipinski definition) is 2. The molecule has 10 heteroatoms. The molecule has 1 amide bonds. The van der Waals surface area contributed by atoms with Gasteiger partial charge >= 0.3 is 5.97 Å². The standard InChI is InChI=1S/C33H29N3O6S/c1-35(2)23-7-5-8-24(18-23)43(41,42)36-16-15-20-13-14-21(17-22(20)19-36)30(33(39)40)34-32(38)28-12-6-11-27-29(28)25-9-3-4-10-26(25)31(27)37/h3-14,17-18,30H,15-16,19H2,1-2H3,(H,34,38)(H,39,40). The van der Waals surface area contributed by atoms with E-state index in [1.807, 2.05) is 25.1 Å². The van der Waals surface area contributed by atoms with Crippen molar-refractivity contribution in [1.29, 1.82) is 0 Å². The van der Waals surface area contributed by atoms with Crippen LogP contribution >= 0.6 is 0 Å². The number of nitrogens with one attached hydrogen (secondary N) is 1. The van der Waals surface area contributed by atoms with Gasteiger partial charge in [0.05, 0.1) is 4.90 Å². The highest BCUT2D eigenvalue weighted by Crippen LogP contribution is 2.39. The van der Waals surface area contributed by atoms with E-state index in [-0.39, 0.29) is 22.8 Å². The number of benzene rings is 4. The van der Waals surface area contributed by atoms with Crippen LogP contribution in [-0.4, -0.2) is 56.1 Å². The molecule has 0 aromatic heterocycles. The SMILES string of the molecule is CN(C)c1cccc(S(=O)(=O)N2CCc3ccc(C(NC(=O)c4cccc5c4-c4ccccc4C5=O)C(=O)O)cc3C2)c1. The number of nitrogens with zero attached hydrogens (tertiary/aromatic N) is 2. The van der Waals surface area contributed by atoms with Gasteiger partial charge in [0.25, 0.3) is 5.91 Å². The molecule has 2 aliphatic rings. The molecule has 0 radical (unpaired) electrons. The maximum absolute atomic E-state index is 13.5. The van der Waals surface area contributed by atoms with E-state index in [9.17, 15) is 27.9 Å². The van der Waals surface area contributed by atoms with Gasteiger partial charge in [-0.3, -0.25) is 9.59 Å². The van der Waals surface area contributed by atoms with Gasteiger partial charge in [-0.05, 0) is 52.9 Å². The number of carboxylic acids is 1. The second kappa shape index (κ2) is 10.8. The molecule has 1 heterocycles. The number of carboxylic acid groups (broad SMARTS) is 1. The number of rotatable bonds is 7. The Morgan fingerprint density at radius 3 is 2.35 bits per heavy atom. The fourth-order valence-corrected chi connectivity index (χ4v) is 7.23. The second-order valence-corrected chi connectivity index (χ2v) is 12.8. The average Bonchev–Trinajstić information content (AvgIpc) is 3.31. The van der Waals surface area contributed by atoms with E-state index in [0.717, 1.165) is 11.3 Å². The predicted molar refractivity (Wildman–Crippen MR) is 162 cm³/mol. The first-order chi connectivity index (χ1) is 20.6. The topological polar surface area (TPSA) is 124 Å². The number of ketones is 1. The van der Waals surface area contributed by atoms with Crippen molar-refractivity contribution in [2.24, 2.45) is 0 Å². The molecule has 218 valence electrons. The molecule has 1 atom stereocenters. The Hall–Kier alpha value is -4.80. The van der Waals surface area contributed by atoms with E-state index in [1.54, 1.807) is 78.9 Å². The molecule has 4 aromatic carbocycles. The van der Waals surface area contributed by atoms with E-state index in [1.165, 1.54) is 4.31 Å². The first-order valence-corrected chi connectivity index (χ1v) is 15.2. The van der Waals surface area contributed by atoms with Crippen molar-refractivity contribution < 1.29 is 27.9 Å². The minimum Gasteiger partial charge on any atom is -0.479 e. The lowest BCUT2D eigenvalue weighted by molar-refractivity contribution is -0.139. The van der Waals surface area contributed by atoms with Crippen LogP contribution in [0.2, 0.25) is 0 Å². The average molecular weight is 596 g/mol. The molecular weight excluding hydrogens is 566 g/mol. The molecule has 0 saturated carbocycles. The van der Waals surface area contributed by atoms with E-state index in [2.05, 4.69) is 5.32 Å². The Morgan fingerprint density at radius 1 is 0.884 bits per heavy atom. The van der Waals surface area contributed by atoms with Crippen LogP contribution in [0.25, 0.3) is 11.1 Å². The lowest BCUT2D eigenvalue weighted by Gasteiger charge is -2.29. The monoisotopic (exact) mass is 595 g/mol. The number of fused-ring (bicyclic) bond motifs is 4. The molecule has 0 spiro atoms. The Balaban J connectivity index is 1.28. The van der Waals surface area contributed by atoms with Gasteiger partial charge in [-0.25, -0.2) is 13.2 Å². The molecule has 1 unspecified atom stereocenters. The van der Waals surface area contributed by atoms with Crippen LogP contribution < -0.4 is 10.2 Å². The van der Waals surface area contributed by atoms with Gasteiger partial charge in [-0.15, -0.1) is 0 Å². The quantitative estimate of drug-likeness (QED) is 0.288. The summed E-state index contributed by atoms with van der Waals surface area (Å²) in [6, 6.07) is 22.3. The summed E-state index contributed by atoms with van der Waals surface area (Å²) in [5, 5.41) is 12.8. The maximum atomic E-state index is 13.5. The number of carbonyl (C=O) groups is 3. The summed E-state index contributed by atoms with van der Waals surface area (Å²) in [7, 11) is -0.129. The summed E-state index contributed by atoms with van der Waals surface area (Å²) >= 11 is 0. The van der Waals surface area contributed by atoms with Gasteiger partial charge in [0.1, 0.15) is 0 Å². The summed E-state index contributed by atoms with van der Waals surface area (Å²) < 4.78 is 28.5. The van der Waals surface area contributed by atoms with Crippen molar-refractivity contribution in [2.45, 2.75) is 23.9 Å². The van der Waals surface area contributed by atoms with Crippen LogP contribution in [0.3, 0.4) is 0 Å². The fraction of sp³-hybridized carbons (Fsp3) is 0.182. The highest BCUT2D eigenvalue weighted by molar-refractivity contribution is 7.89. The molecule has 1 aliphatic carbocycles. The molecule has 0 saturated heterocycles. The van der Waals surface area contributed by atoms with E-state index >= 15 is 0 Å². The van der Waals surface area contributed by atoms with Gasteiger partial charge < -0.3 is 15.3 Å². The maximum Gasteiger partial charge on any atom is 0.330 e. The fourth-order valence-electron chi connectivity index (χ4n) is 5.77. The molecule has 43 heavy (non-hydrogen) atoms. The van der Waals surface area contributed by atoms with E-state index in [4.69, 9.17) is 0 Å². The van der Waals surface area contributed by atoms with Crippen LogP contribution in [0.15, 0.2) is 89.8 Å². The zero-order chi connectivity index (χ0) is 30.5. The third-order valence-electron chi connectivity index (χ3n) is 8.03. The number of aliphatic carboxylic acids is 1. The number of hydrogen-bond acceptors (Lipinski definition) is 6. The number of anilines is 1. The van der Waals surface area contributed by atoms with Crippen molar-refractivity contribution >= 4 is 33.4 Å². The Bertz CT molecular complexity index is 1920. The van der Waals surface area contributed by atoms with Crippen molar-refractivity contribution in [1.82, 2.24) is 9.62 Å². The van der Waals surface area contributed by atoms with Crippen LogP contribution in [0, 0.1) is 0 Å². The zero-order valence-corrected chi connectivity index (χ0v) is 24.4. The molecule has 6 rings (SSSR count). The normalized spacial score (nSPS) is 14.8. The smallest absolute Gasteiger partial charge is 0.330 e. The molecule has 0 fully saturated rings. The number of amides is 1. The molecule has 1 aliphatic heterocycles. The van der Waals surface area contributed by atoms with E-state index in [0.29, 0.717) is 46.3 Å². The highest BCUT2D eigenvalue weighted by atomic mass is 32.2. The zero-order valence-electron chi connectivity index (χ0n) is 23.6. The van der Waals surface area contributed by atoms with Crippen molar-refractivity contribution in [3.8, 4) is 11.1 Å². The Morgan fingerprint density at radius 2 is 1.60 bits per heavy atom. The number of sulfonamides is 1. The molecule has 9 nitrogen and oxygen atoms in total. The summed E-state index contributed by atoms with van der Waals surface area (Å²) in [6.45, 7) is 0.363. The summed E-state index contributed by atoms with van der Waals surface area (Å²) in [5.41, 5.74) is 4.88.